The maximum atomic E-state index is 6.10. The number of halogens is 1. The summed E-state index contributed by atoms with van der Waals surface area (Å²) in [6, 6.07) is 8.23. The van der Waals surface area contributed by atoms with Crippen molar-refractivity contribution in [2.75, 3.05) is 0 Å². The minimum Gasteiger partial charge on any atom is -0.244 e. The molecule has 2 aromatic rings. The number of aromatic nitrogens is 1. The van der Waals surface area contributed by atoms with Gasteiger partial charge in [-0.05, 0) is 22.9 Å². The molecule has 2 rings (SSSR count). The Morgan fingerprint density at radius 3 is 2.71 bits per heavy atom. The molecule has 1 heterocycles. The molecule has 1 aromatic carbocycles. The molecule has 0 saturated heterocycles. The van der Waals surface area contributed by atoms with Crippen LogP contribution in [-0.4, -0.2) is 4.98 Å². The number of hydrogen-bond acceptors (Lipinski definition) is 1. The molecular weight excluding hydrogens is 194 g/mol. The van der Waals surface area contributed by atoms with Crippen LogP contribution in [0, 0.1) is 0 Å². The lowest BCUT2D eigenvalue weighted by molar-refractivity contribution is 0.876. The molecule has 0 atom stereocenters. The molecule has 0 bridgehead atoms. The van der Waals surface area contributed by atoms with Gasteiger partial charge in [0.05, 0.1) is 0 Å². The van der Waals surface area contributed by atoms with E-state index in [1.54, 1.807) is 6.20 Å². The lowest BCUT2D eigenvalue weighted by atomic mass is 9.98. The molecule has 0 aliphatic heterocycles. The predicted molar refractivity (Wildman–Crippen MR) is 60.8 cm³/mol. The Labute approximate surface area is 88.7 Å². The van der Waals surface area contributed by atoms with Gasteiger partial charge in [0.1, 0.15) is 5.15 Å². The Morgan fingerprint density at radius 1 is 1.21 bits per heavy atom. The second-order valence-electron chi connectivity index (χ2n) is 3.70. The Hall–Kier alpha value is -1.08. The molecule has 1 nitrogen and oxygen atoms in total. The highest BCUT2D eigenvalue weighted by Gasteiger charge is 2.07. The average Bonchev–Trinajstić information content (AvgIpc) is 2.17. The molecule has 0 aliphatic carbocycles. The van der Waals surface area contributed by atoms with E-state index in [0.29, 0.717) is 11.1 Å². The van der Waals surface area contributed by atoms with Crippen LogP contribution < -0.4 is 0 Å². The summed E-state index contributed by atoms with van der Waals surface area (Å²) in [6.07, 6.45) is 1.74. The van der Waals surface area contributed by atoms with Gasteiger partial charge in [0.2, 0.25) is 0 Å². The van der Waals surface area contributed by atoms with Crippen LogP contribution in [0.25, 0.3) is 10.8 Å². The molecule has 2 heteroatoms. The highest BCUT2D eigenvalue weighted by molar-refractivity contribution is 6.34. The van der Waals surface area contributed by atoms with Crippen molar-refractivity contribution in [3.63, 3.8) is 0 Å². The minimum absolute atomic E-state index is 0.473. The highest BCUT2D eigenvalue weighted by Crippen LogP contribution is 2.29. The molecule has 1 aromatic heterocycles. The van der Waals surface area contributed by atoms with Gasteiger partial charge in [-0.2, -0.15) is 0 Å². The Morgan fingerprint density at radius 2 is 2.00 bits per heavy atom. The van der Waals surface area contributed by atoms with E-state index in [1.165, 1.54) is 5.56 Å². The maximum absolute atomic E-state index is 6.10. The summed E-state index contributed by atoms with van der Waals surface area (Å²) < 4.78 is 0. The van der Waals surface area contributed by atoms with Gasteiger partial charge in [-0.25, -0.2) is 4.98 Å². The van der Waals surface area contributed by atoms with Crippen LogP contribution in [-0.2, 0) is 0 Å². The van der Waals surface area contributed by atoms with Crippen LogP contribution in [0.5, 0.6) is 0 Å². The maximum Gasteiger partial charge on any atom is 0.137 e. The number of rotatable bonds is 1. The standard InChI is InChI=1S/C12H12ClN/c1-8(2)10-5-3-4-9-6-7-14-12(13)11(9)10/h3-8H,1-2H3. The highest BCUT2D eigenvalue weighted by atomic mass is 35.5. The topological polar surface area (TPSA) is 12.9 Å². The smallest absolute Gasteiger partial charge is 0.137 e. The fraction of sp³-hybridized carbons (Fsp3) is 0.250. The Bertz CT molecular complexity index is 458. The van der Waals surface area contributed by atoms with E-state index in [2.05, 4.69) is 37.0 Å². The van der Waals surface area contributed by atoms with E-state index in [1.807, 2.05) is 6.07 Å². The molecule has 0 fully saturated rings. The molecule has 0 saturated carbocycles. The van der Waals surface area contributed by atoms with E-state index in [4.69, 9.17) is 11.6 Å². The average molecular weight is 206 g/mol. The summed E-state index contributed by atoms with van der Waals surface area (Å²) in [5, 5.41) is 2.86. The third-order valence-corrected chi connectivity index (χ3v) is 2.69. The first-order valence-electron chi connectivity index (χ1n) is 4.73. The first kappa shape index (κ1) is 9.47. The molecule has 0 N–H and O–H groups in total. The van der Waals surface area contributed by atoms with Crippen LogP contribution in [0.3, 0.4) is 0 Å². The molecule has 72 valence electrons. The van der Waals surface area contributed by atoms with Crippen LogP contribution in [0.4, 0.5) is 0 Å². The molecule has 0 radical (unpaired) electrons. The molecular formula is C12H12ClN. The first-order valence-corrected chi connectivity index (χ1v) is 5.11. The zero-order valence-electron chi connectivity index (χ0n) is 8.29. The molecule has 14 heavy (non-hydrogen) atoms. The zero-order chi connectivity index (χ0) is 10.1. The van der Waals surface area contributed by atoms with Gasteiger partial charge in [-0.1, -0.05) is 43.6 Å². The van der Waals surface area contributed by atoms with E-state index in [-0.39, 0.29) is 0 Å². The molecule has 0 aliphatic rings. The summed E-state index contributed by atoms with van der Waals surface area (Å²) in [7, 11) is 0. The number of pyridine rings is 1. The van der Waals surface area contributed by atoms with Crippen LogP contribution in [0.1, 0.15) is 25.3 Å². The normalized spacial score (nSPS) is 11.1. The summed E-state index contributed by atoms with van der Waals surface area (Å²) >= 11 is 6.10. The predicted octanol–water partition coefficient (Wildman–Crippen LogP) is 4.01. The van der Waals surface area contributed by atoms with Gasteiger partial charge in [0, 0.05) is 11.6 Å². The number of nitrogens with zero attached hydrogens (tertiary/aromatic N) is 1. The van der Waals surface area contributed by atoms with Crippen molar-refractivity contribution in [2.45, 2.75) is 19.8 Å². The third-order valence-electron chi connectivity index (χ3n) is 2.40. The number of benzene rings is 1. The molecule has 0 amide bonds. The van der Waals surface area contributed by atoms with E-state index in [9.17, 15) is 0 Å². The number of hydrogen-bond donors (Lipinski definition) is 0. The fourth-order valence-corrected chi connectivity index (χ4v) is 1.97. The van der Waals surface area contributed by atoms with Gasteiger partial charge in [0.25, 0.3) is 0 Å². The fourth-order valence-electron chi connectivity index (χ4n) is 1.69. The Balaban J connectivity index is 2.84. The van der Waals surface area contributed by atoms with Gasteiger partial charge in [-0.3, -0.25) is 0 Å². The van der Waals surface area contributed by atoms with Crippen LogP contribution in [0.15, 0.2) is 30.5 Å². The zero-order valence-corrected chi connectivity index (χ0v) is 9.05. The van der Waals surface area contributed by atoms with Crippen LogP contribution in [0.2, 0.25) is 5.15 Å². The largest absolute Gasteiger partial charge is 0.244 e. The van der Waals surface area contributed by atoms with Crippen molar-refractivity contribution in [1.82, 2.24) is 4.98 Å². The molecule has 0 spiro atoms. The van der Waals surface area contributed by atoms with Gasteiger partial charge in [-0.15, -0.1) is 0 Å². The minimum atomic E-state index is 0.473. The van der Waals surface area contributed by atoms with Gasteiger partial charge in [0.15, 0.2) is 0 Å². The van der Waals surface area contributed by atoms with Crippen molar-refractivity contribution in [3.05, 3.63) is 41.2 Å². The quantitative estimate of drug-likeness (QED) is 0.641. The summed E-state index contributed by atoms with van der Waals surface area (Å²) in [6.45, 7) is 4.33. The summed E-state index contributed by atoms with van der Waals surface area (Å²) in [5.41, 5.74) is 1.26. The third kappa shape index (κ3) is 1.48. The molecule has 0 unspecified atom stereocenters. The number of fused-ring (bicyclic) bond motifs is 1. The van der Waals surface area contributed by atoms with Crippen LogP contribution >= 0.6 is 11.6 Å². The first-order chi connectivity index (χ1) is 6.70. The summed E-state index contributed by atoms with van der Waals surface area (Å²) in [4.78, 5) is 4.12. The lowest BCUT2D eigenvalue weighted by Crippen LogP contribution is -1.90. The van der Waals surface area contributed by atoms with Gasteiger partial charge < -0.3 is 0 Å². The van der Waals surface area contributed by atoms with Crippen molar-refractivity contribution in [3.8, 4) is 0 Å². The summed E-state index contributed by atoms with van der Waals surface area (Å²) in [5.74, 6) is 0.473. The second-order valence-corrected chi connectivity index (χ2v) is 4.06. The van der Waals surface area contributed by atoms with E-state index in [0.717, 1.165) is 10.8 Å². The van der Waals surface area contributed by atoms with Crippen molar-refractivity contribution >= 4 is 22.4 Å². The van der Waals surface area contributed by atoms with Gasteiger partial charge >= 0.3 is 0 Å². The van der Waals surface area contributed by atoms with E-state index < -0.39 is 0 Å². The SMILES string of the molecule is CC(C)c1cccc2ccnc(Cl)c12. The Kier molecular flexibility index (Phi) is 2.42. The monoisotopic (exact) mass is 205 g/mol. The lowest BCUT2D eigenvalue weighted by Gasteiger charge is -2.10. The second kappa shape index (κ2) is 3.58. The van der Waals surface area contributed by atoms with Crippen molar-refractivity contribution < 1.29 is 0 Å². The van der Waals surface area contributed by atoms with Crippen molar-refractivity contribution in [2.24, 2.45) is 0 Å². The van der Waals surface area contributed by atoms with Crippen molar-refractivity contribution in [1.29, 1.82) is 0 Å². The van der Waals surface area contributed by atoms with E-state index >= 15 is 0 Å².